The van der Waals surface area contributed by atoms with Crippen molar-refractivity contribution in [2.75, 3.05) is 13.0 Å². The fourth-order valence-corrected chi connectivity index (χ4v) is 2.18. The maximum atomic E-state index is 7.67. The molecule has 0 unspecified atom stereocenters. The topological polar surface area (TPSA) is 24.4 Å². The highest BCUT2D eigenvalue weighted by molar-refractivity contribution is 5.86. The largest absolute Gasteiger partial charge is 0.372 e. The predicted molar refractivity (Wildman–Crippen MR) is 78.6 cm³/mol. The summed E-state index contributed by atoms with van der Waals surface area (Å²) in [6.07, 6.45) is 0.418. The zero-order valence-electron chi connectivity index (χ0n) is 15.8. The van der Waals surface area contributed by atoms with Gasteiger partial charge in [-0.25, -0.2) is 0 Å². The lowest BCUT2D eigenvalue weighted by Gasteiger charge is -2.22. The molecule has 2 heteroatoms. The number of rotatable bonds is 2. The summed E-state index contributed by atoms with van der Waals surface area (Å²) in [5.74, 6) is 0.365. The Balaban J connectivity index is 2.33. The minimum atomic E-state index is -2.23. The molecule has 0 spiro atoms. The van der Waals surface area contributed by atoms with Crippen molar-refractivity contribution in [2.24, 2.45) is 4.99 Å². The molecule has 1 aromatic rings. The van der Waals surface area contributed by atoms with Crippen molar-refractivity contribution in [3.63, 3.8) is 0 Å². The minimum absolute atomic E-state index is 0.0756. The summed E-state index contributed by atoms with van der Waals surface area (Å²) in [4.78, 5) is 3.89. The van der Waals surface area contributed by atoms with Crippen molar-refractivity contribution in [3.8, 4) is 0 Å². The number of hydrogen-bond acceptors (Lipinski definition) is 2. The van der Waals surface area contributed by atoms with Gasteiger partial charge in [0.15, 0.2) is 0 Å². The molecule has 0 fully saturated rings. The number of hydrogen-bond donors (Lipinski definition) is 1. The highest BCUT2D eigenvalue weighted by Crippen LogP contribution is 2.27. The van der Waals surface area contributed by atoms with Crippen molar-refractivity contribution in [1.82, 2.24) is 5.32 Å². The number of amidine groups is 1. The minimum Gasteiger partial charge on any atom is -0.372 e. The van der Waals surface area contributed by atoms with Crippen LogP contribution in [-0.4, -0.2) is 18.8 Å². The van der Waals surface area contributed by atoms with E-state index in [1.54, 1.807) is 0 Å². The first-order chi connectivity index (χ1) is 9.83. The lowest BCUT2D eigenvalue weighted by Crippen LogP contribution is -2.22. The predicted octanol–water partition coefficient (Wildman–Crippen LogP) is 3.15. The summed E-state index contributed by atoms with van der Waals surface area (Å²) in [5.41, 5.74) is 4.67. The molecule has 1 heterocycles. The van der Waals surface area contributed by atoms with E-state index in [-0.39, 0.29) is 5.41 Å². The van der Waals surface area contributed by atoms with Crippen LogP contribution in [0.4, 0.5) is 0 Å². The number of aliphatic imine (C=N–C) groups is 1. The maximum absolute atomic E-state index is 7.67. The fourth-order valence-electron chi connectivity index (χ4n) is 2.18. The number of aryl methyl sites for hydroxylation is 2. The van der Waals surface area contributed by atoms with E-state index in [1.165, 1.54) is 5.56 Å². The molecule has 1 N–H and O–H groups in total. The van der Waals surface area contributed by atoms with Gasteiger partial charge < -0.3 is 5.32 Å². The molecule has 0 radical (unpaired) electrons. The molecule has 0 aliphatic carbocycles. The Bertz CT molecular complexity index is 605. The SMILES string of the molecule is [2H]C1([2H])N=C(Cc2c(C)cc(C(C)(C)C)cc2C)NC1([2H])[2H]. The summed E-state index contributed by atoms with van der Waals surface area (Å²) < 4.78 is 30.6. The third kappa shape index (κ3) is 2.74. The lowest BCUT2D eigenvalue weighted by molar-refractivity contribution is 0.589. The Morgan fingerprint density at radius 3 is 2.33 bits per heavy atom. The summed E-state index contributed by atoms with van der Waals surface area (Å²) in [5, 5.41) is 2.58. The lowest BCUT2D eigenvalue weighted by atomic mass is 9.83. The van der Waals surface area contributed by atoms with Gasteiger partial charge in [-0.15, -0.1) is 0 Å². The van der Waals surface area contributed by atoms with Crippen molar-refractivity contribution in [3.05, 3.63) is 34.4 Å². The third-order valence-corrected chi connectivity index (χ3v) is 3.36. The Kier molecular flexibility index (Phi) is 2.31. The number of benzene rings is 1. The molecule has 1 aromatic carbocycles. The zero-order chi connectivity index (χ0) is 16.9. The van der Waals surface area contributed by atoms with Crippen LogP contribution in [0.5, 0.6) is 0 Å². The van der Waals surface area contributed by atoms with Crippen molar-refractivity contribution < 1.29 is 5.48 Å². The van der Waals surface area contributed by atoms with Crippen LogP contribution in [0.15, 0.2) is 17.1 Å². The van der Waals surface area contributed by atoms with Crippen LogP contribution >= 0.6 is 0 Å². The van der Waals surface area contributed by atoms with Crippen LogP contribution in [0.25, 0.3) is 0 Å². The molecule has 1 aliphatic rings. The Morgan fingerprint density at radius 1 is 1.28 bits per heavy atom. The van der Waals surface area contributed by atoms with Crippen LogP contribution in [-0.2, 0) is 11.8 Å². The molecule has 0 bridgehead atoms. The summed E-state index contributed by atoms with van der Waals surface area (Å²) >= 11 is 0. The van der Waals surface area contributed by atoms with E-state index in [4.69, 9.17) is 5.48 Å². The second kappa shape index (κ2) is 4.75. The third-order valence-electron chi connectivity index (χ3n) is 3.36. The molecule has 18 heavy (non-hydrogen) atoms. The fraction of sp³-hybridized carbons (Fsp3) is 0.562. The molecule has 1 aliphatic heterocycles. The highest BCUT2D eigenvalue weighted by Gasteiger charge is 2.17. The molecular formula is C16H24N2. The van der Waals surface area contributed by atoms with E-state index in [2.05, 4.69) is 43.2 Å². The van der Waals surface area contributed by atoms with Gasteiger partial charge in [-0.2, -0.15) is 0 Å². The van der Waals surface area contributed by atoms with E-state index in [9.17, 15) is 0 Å². The van der Waals surface area contributed by atoms with Gasteiger partial charge in [-0.3, -0.25) is 4.99 Å². The van der Waals surface area contributed by atoms with E-state index >= 15 is 0 Å². The van der Waals surface area contributed by atoms with Crippen LogP contribution < -0.4 is 5.32 Å². The van der Waals surface area contributed by atoms with Gasteiger partial charge in [0.2, 0.25) is 0 Å². The second-order valence-electron chi connectivity index (χ2n) is 5.94. The molecule has 2 rings (SSSR count). The van der Waals surface area contributed by atoms with Gasteiger partial charge in [-0.1, -0.05) is 32.9 Å². The van der Waals surface area contributed by atoms with E-state index in [0.717, 1.165) is 16.7 Å². The first-order valence-corrected chi connectivity index (χ1v) is 6.31. The second-order valence-corrected chi connectivity index (χ2v) is 5.94. The molecule has 0 saturated heterocycles. The van der Waals surface area contributed by atoms with Crippen LogP contribution in [0.3, 0.4) is 0 Å². The first kappa shape index (κ1) is 8.73. The monoisotopic (exact) mass is 248 g/mol. The van der Waals surface area contributed by atoms with Crippen LogP contribution in [0, 0.1) is 13.8 Å². The van der Waals surface area contributed by atoms with Gasteiger partial charge in [0, 0.05) is 12.9 Å². The van der Waals surface area contributed by atoms with Crippen molar-refractivity contribution in [1.29, 1.82) is 0 Å². The highest BCUT2D eigenvalue weighted by atomic mass is 15.1. The average Bonchev–Trinajstić information content (AvgIpc) is 2.50. The van der Waals surface area contributed by atoms with Crippen LogP contribution in [0.2, 0.25) is 0 Å². The Hall–Kier alpha value is -1.31. The molecule has 0 atom stereocenters. The molecule has 2 nitrogen and oxygen atoms in total. The van der Waals surface area contributed by atoms with Gasteiger partial charge >= 0.3 is 0 Å². The number of nitrogens with zero attached hydrogens (tertiary/aromatic N) is 1. The van der Waals surface area contributed by atoms with E-state index in [0.29, 0.717) is 12.3 Å². The summed E-state index contributed by atoms with van der Waals surface area (Å²) in [7, 11) is 0. The van der Waals surface area contributed by atoms with Crippen LogP contribution in [0.1, 0.15) is 48.5 Å². The smallest absolute Gasteiger partial charge is 0.101 e. The summed E-state index contributed by atoms with van der Waals surface area (Å²) in [6, 6.07) is 4.31. The quantitative estimate of drug-likeness (QED) is 0.854. The van der Waals surface area contributed by atoms with Crippen molar-refractivity contribution in [2.45, 2.75) is 46.5 Å². The Labute approximate surface area is 116 Å². The molecular weight excluding hydrogens is 220 g/mol. The van der Waals surface area contributed by atoms with Crippen molar-refractivity contribution >= 4 is 5.84 Å². The average molecular weight is 248 g/mol. The summed E-state index contributed by atoms with van der Waals surface area (Å²) in [6.45, 7) is 6.21. The molecule has 0 saturated carbocycles. The first-order valence-electron chi connectivity index (χ1n) is 8.31. The van der Waals surface area contributed by atoms with E-state index in [1.807, 2.05) is 13.8 Å². The van der Waals surface area contributed by atoms with Gasteiger partial charge in [-0.05, 0) is 41.5 Å². The standard InChI is InChI=1S/C16H24N2/c1-11-8-13(16(3,4)5)9-12(2)14(11)10-15-17-6-7-18-15/h8-9H,6-7,10H2,1-5H3,(H,17,18)/i6D2,7D2. The molecule has 0 amide bonds. The van der Waals surface area contributed by atoms with Gasteiger partial charge in [0.25, 0.3) is 0 Å². The van der Waals surface area contributed by atoms with E-state index < -0.39 is 13.0 Å². The Morgan fingerprint density at radius 2 is 1.89 bits per heavy atom. The maximum Gasteiger partial charge on any atom is 0.101 e. The molecule has 0 aromatic heterocycles. The number of nitrogens with one attached hydrogen (secondary N) is 1. The normalized spacial score (nSPS) is 24.4. The van der Waals surface area contributed by atoms with Gasteiger partial charge in [0.1, 0.15) is 5.84 Å². The zero-order valence-corrected chi connectivity index (χ0v) is 11.8. The van der Waals surface area contributed by atoms with Gasteiger partial charge in [0.05, 0.1) is 12.0 Å². The molecule has 98 valence electrons.